The summed E-state index contributed by atoms with van der Waals surface area (Å²) in [4.78, 5) is 11.0. The molecular weight excluding hydrogens is 250 g/mol. The van der Waals surface area contributed by atoms with Gasteiger partial charge in [-0.15, -0.1) is 0 Å². The third kappa shape index (κ3) is 4.67. The minimum atomic E-state index is -0.799. The molecule has 100 valence electrons. The van der Waals surface area contributed by atoms with Crippen molar-refractivity contribution in [2.24, 2.45) is 17.6 Å². The smallest absolute Gasteiger partial charge is 0.307 e. The first-order valence-electron chi connectivity index (χ1n) is 6.24. The number of hydrogen-bond acceptors (Lipinski definition) is 2. The van der Waals surface area contributed by atoms with Gasteiger partial charge in [-0.3, -0.25) is 4.79 Å². The molecule has 0 aromatic heterocycles. The van der Waals surface area contributed by atoms with Gasteiger partial charge in [0.2, 0.25) is 0 Å². The molecule has 0 aliphatic carbocycles. The Morgan fingerprint density at radius 1 is 1.39 bits per heavy atom. The first-order valence-corrected chi connectivity index (χ1v) is 6.61. The summed E-state index contributed by atoms with van der Waals surface area (Å²) in [6, 6.07) is 7.70. The van der Waals surface area contributed by atoms with Gasteiger partial charge in [0.05, 0.1) is 5.92 Å². The van der Waals surface area contributed by atoms with Crippen molar-refractivity contribution in [3.8, 4) is 0 Å². The van der Waals surface area contributed by atoms with E-state index in [9.17, 15) is 4.79 Å². The van der Waals surface area contributed by atoms with E-state index in [1.807, 2.05) is 24.3 Å². The van der Waals surface area contributed by atoms with E-state index in [1.54, 1.807) is 0 Å². The van der Waals surface area contributed by atoms with Gasteiger partial charge in [0.1, 0.15) is 0 Å². The molecule has 0 aliphatic heterocycles. The highest BCUT2D eigenvalue weighted by Gasteiger charge is 2.20. The summed E-state index contributed by atoms with van der Waals surface area (Å²) in [5, 5.41) is 9.74. The van der Waals surface area contributed by atoms with Crippen LogP contribution in [0.15, 0.2) is 24.3 Å². The fourth-order valence-corrected chi connectivity index (χ4v) is 2.17. The first-order chi connectivity index (χ1) is 8.56. The zero-order valence-electron chi connectivity index (χ0n) is 10.6. The maximum Gasteiger partial charge on any atom is 0.307 e. The lowest BCUT2D eigenvalue weighted by Crippen LogP contribution is -2.26. The van der Waals surface area contributed by atoms with Crippen LogP contribution in [0.2, 0.25) is 5.02 Å². The van der Waals surface area contributed by atoms with Gasteiger partial charge in [0.25, 0.3) is 0 Å². The fourth-order valence-electron chi connectivity index (χ4n) is 2.05. The van der Waals surface area contributed by atoms with Crippen LogP contribution in [-0.4, -0.2) is 17.6 Å². The van der Waals surface area contributed by atoms with Crippen molar-refractivity contribution < 1.29 is 9.90 Å². The number of carbonyl (C=O) groups is 1. The lowest BCUT2D eigenvalue weighted by Gasteiger charge is -2.19. The van der Waals surface area contributed by atoms with Crippen molar-refractivity contribution in [3.05, 3.63) is 34.9 Å². The molecule has 1 rings (SSSR count). The largest absolute Gasteiger partial charge is 0.481 e. The first kappa shape index (κ1) is 15.0. The van der Waals surface area contributed by atoms with E-state index in [4.69, 9.17) is 22.4 Å². The molecule has 0 radical (unpaired) electrons. The number of aliphatic carboxylic acids is 1. The van der Waals surface area contributed by atoms with Crippen LogP contribution in [0.5, 0.6) is 0 Å². The average Bonchev–Trinajstić information content (AvgIpc) is 2.36. The van der Waals surface area contributed by atoms with Gasteiger partial charge in [-0.25, -0.2) is 0 Å². The van der Waals surface area contributed by atoms with Crippen molar-refractivity contribution in [1.29, 1.82) is 0 Å². The van der Waals surface area contributed by atoms with Gasteiger partial charge in [-0.2, -0.15) is 0 Å². The van der Waals surface area contributed by atoms with Crippen LogP contribution in [0, 0.1) is 11.8 Å². The third-order valence-electron chi connectivity index (χ3n) is 3.27. The van der Waals surface area contributed by atoms with E-state index >= 15 is 0 Å². The number of carboxylic acids is 1. The number of hydrogen-bond donors (Lipinski definition) is 2. The molecule has 0 bridgehead atoms. The molecule has 0 saturated carbocycles. The maximum absolute atomic E-state index is 11.0. The highest BCUT2D eigenvalue weighted by Crippen LogP contribution is 2.21. The topological polar surface area (TPSA) is 63.3 Å². The summed E-state index contributed by atoms with van der Waals surface area (Å²) < 4.78 is 0. The van der Waals surface area contributed by atoms with Gasteiger partial charge >= 0.3 is 5.97 Å². The fraction of sp³-hybridized carbons (Fsp3) is 0.500. The Bertz CT molecular complexity index is 378. The van der Waals surface area contributed by atoms with Crippen molar-refractivity contribution in [1.82, 2.24) is 0 Å². The van der Waals surface area contributed by atoms with E-state index < -0.39 is 11.9 Å². The van der Waals surface area contributed by atoms with E-state index in [2.05, 4.69) is 6.92 Å². The molecule has 0 aliphatic rings. The Hall–Kier alpha value is -1.06. The molecule has 0 saturated heterocycles. The van der Waals surface area contributed by atoms with Crippen LogP contribution in [0.1, 0.15) is 25.3 Å². The molecule has 18 heavy (non-hydrogen) atoms. The summed E-state index contributed by atoms with van der Waals surface area (Å²) >= 11 is 5.84. The Labute approximate surface area is 113 Å². The molecule has 0 fully saturated rings. The van der Waals surface area contributed by atoms with Crippen LogP contribution in [-0.2, 0) is 11.2 Å². The summed E-state index contributed by atoms with van der Waals surface area (Å²) in [6.45, 7) is 2.28. The average molecular weight is 270 g/mol. The number of carboxylic acid groups (broad SMARTS) is 1. The van der Waals surface area contributed by atoms with Crippen molar-refractivity contribution >= 4 is 17.6 Å². The normalized spacial score (nSPS) is 14.2. The summed E-state index contributed by atoms with van der Waals surface area (Å²) in [5.41, 5.74) is 6.68. The molecule has 2 unspecified atom stereocenters. The van der Waals surface area contributed by atoms with Gasteiger partial charge in [0.15, 0.2) is 0 Å². The third-order valence-corrected chi connectivity index (χ3v) is 3.52. The predicted molar refractivity (Wildman–Crippen MR) is 73.7 cm³/mol. The highest BCUT2D eigenvalue weighted by molar-refractivity contribution is 6.30. The zero-order chi connectivity index (χ0) is 13.5. The second-order valence-corrected chi connectivity index (χ2v) is 5.05. The Kier molecular flexibility index (Phi) is 6.16. The molecule has 3 N–H and O–H groups in total. The van der Waals surface area contributed by atoms with Crippen LogP contribution in [0.4, 0.5) is 0 Å². The number of nitrogens with two attached hydrogens (primary N) is 1. The monoisotopic (exact) mass is 269 g/mol. The minimum Gasteiger partial charge on any atom is -0.481 e. The Morgan fingerprint density at radius 3 is 2.44 bits per heavy atom. The van der Waals surface area contributed by atoms with Crippen molar-refractivity contribution in [3.63, 3.8) is 0 Å². The van der Waals surface area contributed by atoms with Crippen LogP contribution in [0.3, 0.4) is 0 Å². The lowest BCUT2D eigenvalue weighted by atomic mass is 9.87. The SMILES string of the molecule is CCC(Cc1ccc(Cl)cc1)CC(CN)C(=O)O. The Balaban J connectivity index is 2.61. The van der Waals surface area contributed by atoms with Gasteiger partial charge in [-0.05, 0) is 36.5 Å². The standard InChI is InChI=1S/C14H20ClNO2/c1-2-10(8-12(9-16)14(17)18)7-11-3-5-13(15)6-4-11/h3-6,10,12H,2,7-9,16H2,1H3,(H,17,18). The molecule has 1 aromatic carbocycles. The summed E-state index contributed by atoms with van der Waals surface area (Å²) in [5.74, 6) is -0.898. The molecular formula is C14H20ClNO2. The number of halogens is 1. The maximum atomic E-state index is 11.0. The Morgan fingerprint density at radius 2 is 2.00 bits per heavy atom. The molecule has 0 spiro atoms. The van der Waals surface area contributed by atoms with Crippen molar-refractivity contribution in [2.45, 2.75) is 26.2 Å². The van der Waals surface area contributed by atoms with E-state index in [1.165, 1.54) is 5.56 Å². The minimum absolute atomic E-state index is 0.201. The van der Waals surface area contributed by atoms with Gasteiger partial charge in [0, 0.05) is 11.6 Å². The summed E-state index contributed by atoms with van der Waals surface area (Å²) in [7, 11) is 0. The second kappa shape index (κ2) is 7.39. The molecule has 3 nitrogen and oxygen atoms in total. The van der Waals surface area contributed by atoms with E-state index in [-0.39, 0.29) is 6.54 Å². The molecule has 0 amide bonds. The van der Waals surface area contributed by atoms with Crippen LogP contribution in [0.25, 0.3) is 0 Å². The summed E-state index contributed by atoms with van der Waals surface area (Å²) in [6.07, 6.45) is 2.45. The van der Waals surface area contributed by atoms with Crippen LogP contribution >= 0.6 is 11.6 Å². The predicted octanol–water partition coefficient (Wildman–Crippen LogP) is 2.96. The van der Waals surface area contributed by atoms with E-state index in [0.29, 0.717) is 12.3 Å². The molecule has 0 heterocycles. The van der Waals surface area contributed by atoms with Crippen LogP contribution < -0.4 is 5.73 Å². The quantitative estimate of drug-likeness (QED) is 0.800. The van der Waals surface area contributed by atoms with E-state index in [0.717, 1.165) is 17.9 Å². The molecule has 1 aromatic rings. The lowest BCUT2D eigenvalue weighted by molar-refractivity contribution is -0.142. The van der Waals surface area contributed by atoms with Crippen molar-refractivity contribution in [2.75, 3.05) is 6.54 Å². The number of rotatable bonds is 7. The zero-order valence-corrected chi connectivity index (χ0v) is 11.4. The molecule has 2 atom stereocenters. The molecule has 4 heteroatoms. The van der Waals surface area contributed by atoms with Gasteiger partial charge < -0.3 is 10.8 Å². The second-order valence-electron chi connectivity index (χ2n) is 4.61. The number of benzene rings is 1. The van der Waals surface area contributed by atoms with Gasteiger partial charge in [-0.1, -0.05) is 37.1 Å². The highest BCUT2D eigenvalue weighted by atomic mass is 35.5.